The van der Waals surface area contributed by atoms with E-state index in [4.69, 9.17) is 9.47 Å². The molecule has 5 rings (SSSR count). The van der Waals surface area contributed by atoms with Crippen LogP contribution >= 0.6 is 0 Å². The Morgan fingerprint density at radius 1 is 0.725 bits per heavy atom. The van der Waals surface area contributed by atoms with Gasteiger partial charge in [-0.3, -0.25) is 19.2 Å². The van der Waals surface area contributed by atoms with Crippen LogP contribution in [0.4, 0.5) is 0 Å². The van der Waals surface area contributed by atoms with Gasteiger partial charge in [-0.05, 0) is 88.0 Å². The number of carbonyl (C=O) groups is 4. The number of fused-ring (bicyclic) bond motifs is 1. The predicted molar refractivity (Wildman–Crippen MR) is 150 cm³/mol. The minimum absolute atomic E-state index is 0.143. The maximum absolute atomic E-state index is 13.2. The monoisotopic (exact) mass is 548 g/mol. The van der Waals surface area contributed by atoms with Crippen LogP contribution in [0.25, 0.3) is 10.8 Å². The third-order valence-corrected chi connectivity index (χ3v) is 9.77. The minimum Gasteiger partial charge on any atom is -0.481 e. The van der Waals surface area contributed by atoms with Gasteiger partial charge < -0.3 is 14.6 Å². The van der Waals surface area contributed by atoms with Crippen molar-refractivity contribution in [2.24, 2.45) is 35.5 Å². The molecule has 3 saturated carbocycles. The first-order valence-corrected chi connectivity index (χ1v) is 15.0. The van der Waals surface area contributed by atoms with E-state index in [2.05, 4.69) is 6.92 Å². The number of esters is 2. The molecule has 3 aliphatic rings. The van der Waals surface area contributed by atoms with Crippen LogP contribution in [-0.2, 0) is 14.4 Å². The Labute approximate surface area is 235 Å². The van der Waals surface area contributed by atoms with E-state index < -0.39 is 23.8 Å². The normalized spacial score (nSPS) is 28.9. The van der Waals surface area contributed by atoms with E-state index in [0.717, 1.165) is 37.5 Å². The number of hydrogen-bond donors (Lipinski definition) is 1. The van der Waals surface area contributed by atoms with Gasteiger partial charge in [-0.25, -0.2) is 0 Å². The van der Waals surface area contributed by atoms with Crippen molar-refractivity contribution in [1.82, 2.24) is 0 Å². The molecule has 3 aliphatic carbocycles. The molecular formula is C33H40O7. The summed E-state index contributed by atoms with van der Waals surface area (Å²) in [6.45, 7) is 2.34. The molecule has 0 atom stereocenters. The molecule has 0 spiro atoms. The zero-order valence-corrected chi connectivity index (χ0v) is 23.3. The zero-order valence-electron chi connectivity index (χ0n) is 23.3. The average Bonchev–Trinajstić information content (AvgIpc) is 2.98. The van der Waals surface area contributed by atoms with Crippen LogP contribution in [0.5, 0.6) is 11.5 Å². The summed E-state index contributed by atoms with van der Waals surface area (Å²) in [7, 11) is 0. The summed E-state index contributed by atoms with van der Waals surface area (Å²) in [4.78, 5) is 49.6. The molecule has 0 aliphatic heterocycles. The highest BCUT2D eigenvalue weighted by atomic mass is 16.5. The number of carboxylic acid groups (broad SMARTS) is 1. The summed E-state index contributed by atoms with van der Waals surface area (Å²) >= 11 is 0. The molecule has 2 aromatic carbocycles. The Morgan fingerprint density at radius 3 is 1.80 bits per heavy atom. The lowest BCUT2D eigenvalue weighted by atomic mass is 9.69. The van der Waals surface area contributed by atoms with Crippen LogP contribution in [0, 0.1) is 35.5 Å². The van der Waals surface area contributed by atoms with Gasteiger partial charge in [0.1, 0.15) is 11.5 Å². The number of benzene rings is 2. The largest absolute Gasteiger partial charge is 0.481 e. The van der Waals surface area contributed by atoms with Gasteiger partial charge in [0.25, 0.3) is 0 Å². The third-order valence-electron chi connectivity index (χ3n) is 9.77. The average molecular weight is 549 g/mol. The molecule has 0 aromatic heterocycles. The highest BCUT2D eigenvalue weighted by Crippen LogP contribution is 2.42. The Bertz CT molecular complexity index is 1240. The van der Waals surface area contributed by atoms with Crippen molar-refractivity contribution in [3.05, 3.63) is 35.9 Å². The third kappa shape index (κ3) is 6.24. The van der Waals surface area contributed by atoms with Gasteiger partial charge in [-0.15, -0.1) is 0 Å². The summed E-state index contributed by atoms with van der Waals surface area (Å²) < 4.78 is 11.7. The van der Waals surface area contributed by atoms with Gasteiger partial charge in [-0.2, -0.15) is 0 Å². The van der Waals surface area contributed by atoms with Crippen molar-refractivity contribution in [2.45, 2.75) is 84.0 Å². The Kier molecular flexibility index (Phi) is 8.87. The first-order chi connectivity index (χ1) is 19.3. The fraction of sp³-hybridized carbons (Fsp3) is 0.576. The molecular weight excluding hydrogens is 508 g/mol. The Balaban J connectivity index is 1.27. The molecule has 3 fully saturated rings. The summed E-state index contributed by atoms with van der Waals surface area (Å²) in [5, 5.41) is 10.4. The molecule has 0 saturated heterocycles. The second kappa shape index (κ2) is 12.5. The molecule has 0 radical (unpaired) electrons. The van der Waals surface area contributed by atoms with Crippen molar-refractivity contribution in [2.75, 3.05) is 0 Å². The van der Waals surface area contributed by atoms with E-state index in [-0.39, 0.29) is 23.2 Å². The Hall–Kier alpha value is -3.22. The zero-order chi connectivity index (χ0) is 28.2. The van der Waals surface area contributed by atoms with Crippen LogP contribution < -0.4 is 9.47 Å². The van der Waals surface area contributed by atoms with Gasteiger partial charge in [-0.1, -0.05) is 44.0 Å². The lowest BCUT2D eigenvalue weighted by Gasteiger charge is -2.36. The number of ether oxygens (including phenoxy) is 2. The number of aliphatic carboxylic acids is 1. The number of carboxylic acids is 1. The lowest BCUT2D eigenvalue weighted by molar-refractivity contribution is -0.146. The van der Waals surface area contributed by atoms with Crippen LogP contribution in [0.2, 0.25) is 0 Å². The molecule has 0 unspecified atom stereocenters. The fourth-order valence-electron chi connectivity index (χ4n) is 7.16. The van der Waals surface area contributed by atoms with E-state index >= 15 is 0 Å². The predicted octanol–water partition coefficient (Wildman–Crippen LogP) is 6.99. The number of rotatable bonds is 7. The summed E-state index contributed by atoms with van der Waals surface area (Å²) in [6, 6.07) is 8.63. The van der Waals surface area contributed by atoms with E-state index in [0.29, 0.717) is 54.4 Å². The molecule has 7 nitrogen and oxygen atoms in total. The number of hydrogen-bond acceptors (Lipinski definition) is 6. The van der Waals surface area contributed by atoms with Crippen molar-refractivity contribution in [3.8, 4) is 11.5 Å². The molecule has 214 valence electrons. The topological polar surface area (TPSA) is 107 Å². The van der Waals surface area contributed by atoms with Crippen LogP contribution in [0.15, 0.2) is 30.3 Å². The first-order valence-electron chi connectivity index (χ1n) is 15.0. The first kappa shape index (κ1) is 28.3. The van der Waals surface area contributed by atoms with Gasteiger partial charge in [0.15, 0.2) is 6.29 Å². The molecule has 0 bridgehead atoms. The second-order valence-corrected chi connectivity index (χ2v) is 12.3. The van der Waals surface area contributed by atoms with Crippen LogP contribution in [0.3, 0.4) is 0 Å². The molecule has 0 heterocycles. The highest BCUT2D eigenvalue weighted by Gasteiger charge is 2.34. The van der Waals surface area contributed by atoms with Crippen LogP contribution in [0.1, 0.15) is 94.3 Å². The maximum atomic E-state index is 13.2. The van der Waals surface area contributed by atoms with E-state index in [1.54, 1.807) is 18.2 Å². The molecule has 0 amide bonds. The molecule has 40 heavy (non-hydrogen) atoms. The van der Waals surface area contributed by atoms with Gasteiger partial charge in [0.2, 0.25) is 0 Å². The maximum Gasteiger partial charge on any atom is 0.314 e. The Morgan fingerprint density at radius 2 is 1.23 bits per heavy atom. The van der Waals surface area contributed by atoms with Crippen LogP contribution in [-0.4, -0.2) is 29.3 Å². The van der Waals surface area contributed by atoms with Crippen molar-refractivity contribution < 1.29 is 33.8 Å². The fourth-order valence-corrected chi connectivity index (χ4v) is 7.16. The standard InChI is InChI=1S/C33H40O7/c1-20-6-8-21(9-7-20)22-10-14-24(15-11-22)32(37)39-29-18-26(19-34)30(28-5-3-2-4-27(28)29)40-33(38)25-16-12-23(13-17-25)31(35)36/h2-5,18-25H,6-17H2,1H3,(H,35,36). The van der Waals surface area contributed by atoms with Crippen molar-refractivity contribution in [3.63, 3.8) is 0 Å². The van der Waals surface area contributed by atoms with Gasteiger partial charge in [0, 0.05) is 10.8 Å². The quantitative estimate of drug-likeness (QED) is 0.226. The summed E-state index contributed by atoms with van der Waals surface area (Å²) in [5.74, 6) is 0.196. The SMILES string of the molecule is CC1CCC(C2CCC(C(=O)Oc3cc(C=O)c(OC(=O)C4CCC(C(=O)O)CC4)c4ccccc34)CC2)CC1. The summed E-state index contributed by atoms with van der Waals surface area (Å²) in [6.07, 6.45) is 11.3. The number of aldehydes is 1. The molecule has 1 N–H and O–H groups in total. The molecule has 2 aromatic rings. The minimum atomic E-state index is -0.835. The highest BCUT2D eigenvalue weighted by molar-refractivity contribution is 6.02. The van der Waals surface area contributed by atoms with Gasteiger partial charge >= 0.3 is 17.9 Å². The molecule has 7 heteroatoms. The van der Waals surface area contributed by atoms with Crippen molar-refractivity contribution in [1.29, 1.82) is 0 Å². The van der Waals surface area contributed by atoms with E-state index in [9.17, 15) is 24.3 Å². The van der Waals surface area contributed by atoms with E-state index in [1.807, 2.05) is 6.07 Å². The van der Waals surface area contributed by atoms with Gasteiger partial charge in [0.05, 0.1) is 23.3 Å². The smallest absolute Gasteiger partial charge is 0.314 e. The van der Waals surface area contributed by atoms with Crippen molar-refractivity contribution >= 4 is 35.0 Å². The number of carbonyl (C=O) groups excluding carboxylic acids is 3. The second-order valence-electron chi connectivity index (χ2n) is 12.3. The lowest BCUT2D eigenvalue weighted by Crippen LogP contribution is -2.30. The van der Waals surface area contributed by atoms with E-state index in [1.165, 1.54) is 31.7 Å². The summed E-state index contributed by atoms with van der Waals surface area (Å²) in [5.41, 5.74) is 0.143.